The molecule has 5 rings (SSSR count). The lowest BCUT2D eigenvalue weighted by molar-refractivity contribution is -0.117. The minimum Gasteiger partial charge on any atom is -0.495 e. The minimum absolute atomic E-state index is 0.176. The highest BCUT2D eigenvalue weighted by molar-refractivity contribution is 6.41. The van der Waals surface area contributed by atoms with Crippen LogP contribution in [0.1, 0.15) is 0 Å². The van der Waals surface area contributed by atoms with E-state index in [9.17, 15) is 4.79 Å². The molecule has 1 aliphatic heterocycles. The van der Waals surface area contributed by atoms with Crippen LogP contribution < -0.4 is 20.1 Å². The summed E-state index contributed by atoms with van der Waals surface area (Å²) in [5, 5.41) is 16.2. The van der Waals surface area contributed by atoms with Crippen LogP contribution in [0, 0.1) is 11.3 Å². The second-order valence-electron chi connectivity index (χ2n) is 8.39. The number of halogens is 2. The monoisotopic (exact) mass is 553 g/mol. The lowest BCUT2D eigenvalue weighted by Gasteiger charge is -2.20. The van der Waals surface area contributed by atoms with Gasteiger partial charge in [-0.25, -0.2) is 9.97 Å². The molecule has 38 heavy (non-hydrogen) atoms. The number of amides is 1. The molecule has 4 heterocycles. The van der Waals surface area contributed by atoms with Crippen LogP contribution in [0.5, 0.6) is 11.5 Å². The Labute approximate surface area is 227 Å². The van der Waals surface area contributed by atoms with Crippen molar-refractivity contribution in [2.24, 2.45) is 0 Å². The largest absolute Gasteiger partial charge is 0.495 e. The number of nitriles is 1. The topological polar surface area (TPSA) is 136 Å². The van der Waals surface area contributed by atoms with Gasteiger partial charge in [-0.3, -0.25) is 9.20 Å². The fourth-order valence-electron chi connectivity index (χ4n) is 4.26. The van der Waals surface area contributed by atoms with E-state index >= 15 is 0 Å². The third-order valence-corrected chi connectivity index (χ3v) is 6.92. The average molecular weight is 554 g/mol. The molecule has 0 saturated carbocycles. The number of ether oxygens (including phenoxy) is 3. The summed E-state index contributed by atoms with van der Waals surface area (Å²) in [6.45, 7) is 4.04. The van der Waals surface area contributed by atoms with Crippen molar-refractivity contribution >= 4 is 51.7 Å². The molecular weight excluding hydrogens is 533 g/mol. The van der Waals surface area contributed by atoms with E-state index in [1.54, 1.807) is 35.1 Å². The van der Waals surface area contributed by atoms with E-state index in [1.807, 2.05) is 6.07 Å². The molecule has 1 saturated heterocycles. The Hall–Kier alpha value is -4.11. The van der Waals surface area contributed by atoms with Gasteiger partial charge in [0.15, 0.2) is 5.65 Å². The summed E-state index contributed by atoms with van der Waals surface area (Å²) in [5.74, 6) is 0.589. The van der Waals surface area contributed by atoms with Crippen LogP contribution in [0.15, 0.2) is 42.9 Å². The third kappa shape index (κ3) is 4.43. The van der Waals surface area contributed by atoms with Gasteiger partial charge in [0.1, 0.15) is 28.8 Å². The number of nitrogens with one attached hydrogen (secondary N) is 2. The Morgan fingerprint density at radius 2 is 1.87 bits per heavy atom. The number of fused-ring (bicyclic) bond motifs is 3. The molecule has 2 N–H and O–H groups in total. The molecule has 3 aromatic heterocycles. The first-order valence-corrected chi connectivity index (χ1v) is 12.1. The number of benzene rings is 1. The number of pyridine rings is 1. The third-order valence-electron chi connectivity index (χ3n) is 6.17. The molecule has 0 unspecified atom stereocenters. The number of anilines is 1. The fraction of sp³-hybridized carbons (Fsp3) is 0.240. The van der Waals surface area contributed by atoms with Gasteiger partial charge in [0.05, 0.1) is 49.6 Å². The first kappa shape index (κ1) is 25.5. The minimum atomic E-state index is -0.548. The van der Waals surface area contributed by atoms with Crippen LogP contribution in [0.2, 0.25) is 10.0 Å². The van der Waals surface area contributed by atoms with E-state index in [4.69, 9.17) is 47.7 Å². The number of rotatable bonds is 7. The summed E-state index contributed by atoms with van der Waals surface area (Å²) >= 11 is 13.4. The highest BCUT2D eigenvalue weighted by Gasteiger charge is 2.31. The van der Waals surface area contributed by atoms with Crippen molar-refractivity contribution in [3.05, 3.63) is 52.9 Å². The molecular formula is C25H21Cl2N7O4. The quantitative estimate of drug-likeness (QED) is 0.259. The SMILES string of the molecule is C=C(C#N)C(=O)N[C@@H]1COC[C@@H]1Nc1ncc2cc(-c3c(Cl)c(OC)cc(OC)c3Cl)c3nccn3c2n1. The van der Waals surface area contributed by atoms with Gasteiger partial charge < -0.3 is 24.8 Å². The normalized spacial score (nSPS) is 16.8. The highest BCUT2D eigenvalue weighted by Crippen LogP contribution is 2.47. The molecule has 194 valence electrons. The van der Waals surface area contributed by atoms with Gasteiger partial charge in [-0.1, -0.05) is 29.8 Å². The number of hydrogen-bond acceptors (Lipinski definition) is 9. The van der Waals surface area contributed by atoms with Crippen LogP contribution in [0.4, 0.5) is 5.95 Å². The van der Waals surface area contributed by atoms with E-state index in [0.717, 1.165) is 0 Å². The van der Waals surface area contributed by atoms with Crippen LogP contribution in [0.3, 0.4) is 0 Å². The second kappa shape index (κ2) is 10.3. The molecule has 1 aliphatic rings. The molecule has 0 bridgehead atoms. The van der Waals surface area contributed by atoms with E-state index in [1.165, 1.54) is 14.2 Å². The van der Waals surface area contributed by atoms with E-state index < -0.39 is 11.9 Å². The summed E-state index contributed by atoms with van der Waals surface area (Å²) in [6, 6.07) is 4.50. The average Bonchev–Trinajstić information content (AvgIpc) is 3.59. The van der Waals surface area contributed by atoms with Crippen molar-refractivity contribution < 1.29 is 19.0 Å². The molecule has 11 nitrogen and oxygen atoms in total. The van der Waals surface area contributed by atoms with Crippen LogP contribution in [-0.2, 0) is 9.53 Å². The Balaban J connectivity index is 1.54. The van der Waals surface area contributed by atoms with E-state index in [0.29, 0.717) is 61.9 Å². The van der Waals surface area contributed by atoms with Crippen molar-refractivity contribution in [2.45, 2.75) is 12.1 Å². The van der Waals surface area contributed by atoms with E-state index in [2.05, 4.69) is 27.2 Å². The van der Waals surface area contributed by atoms with Crippen LogP contribution >= 0.6 is 23.2 Å². The summed E-state index contributed by atoms with van der Waals surface area (Å²) in [6.07, 6.45) is 5.07. The number of nitrogens with zero attached hydrogens (tertiary/aromatic N) is 5. The lowest BCUT2D eigenvalue weighted by Crippen LogP contribution is -2.46. The van der Waals surface area contributed by atoms with Crippen molar-refractivity contribution in [1.82, 2.24) is 24.7 Å². The number of carbonyl (C=O) groups is 1. The Bertz CT molecular complexity index is 1600. The first-order chi connectivity index (χ1) is 18.4. The maximum atomic E-state index is 12.1. The zero-order valence-corrected chi connectivity index (χ0v) is 21.8. The summed E-state index contributed by atoms with van der Waals surface area (Å²) in [5.41, 5.74) is 2.11. The Kier molecular flexibility index (Phi) is 6.94. The summed E-state index contributed by atoms with van der Waals surface area (Å²) in [7, 11) is 3.02. The zero-order valence-electron chi connectivity index (χ0n) is 20.3. The first-order valence-electron chi connectivity index (χ1n) is 11.3. The lowest BCUT2D eigenvalue weighted by atomic mass is 10.0. The molecule has 1 fully saturated rings. The molecule has 0 aliphatic carbocycles. The smallest absolute Gasteiger partial charge is 0.261 e. The van der Waals surface area contributed by atoms with Gasteiger partial charge in [-0.15, -0.1) is 0 Å². The maximum absolute atomic E-state index is 12.1. The predicted molar refractivity (Wildman–Crippen MR) is 142 cm³/mol. The molecule has 2 atom stereocenters. The summed E-state index contributed by atoms with van der Waals surface area (Å²) in [4.78, 5) is 25.8. The van der Waals surface area contributed by atoms with Gasteiger partial charge in [0.2, 0.25) is 5.95 Å². The summed E-state index contributed by atoms with van der Waals surface area (Å²) < 4.78 is 18.2. The number of hydrogen-bond donors (Lipinski definition) is 2. The molecule has 1 amide bonds. The van der Waals surface area contributed by atoms with Crippen LogP contribution in [-0.4, -0.2) is 64.8 Å². The zero-order chi connectivity index (χ0) is 27.0. The molecule has 1 aromatic carbocycles. The Morgan fingerprint density at radius 1 is 1.16 bits per heavy atom. The maximum Gasteiger partial charge on any atom is 0.261 e. The van der Waals surface area contributed by atoms with Gasteiger partial charge in [0.25, 0.3) is 5.91 Å². The number of imidazole rings is 1. The predicted octanol–water partition coefficient (Wildman–Crippen LogP) is 3.64. The van der Waals surface area contributed by atoms with Crippen molar-refractivity contribution in [2.75, 3.05) is 32.8 Å². The van der Waals surface area contributed by atoms with Crippen LogP contribution in [0.25, 0.3) is 27.8 Å². The fourth-order valence-corrected chi connectivity index (χ4v) is 4.96. The van der Waals surface area contributed by atoms with Crippen molar-refractivity contribution in [1.29, 1.82) is 5.26 Å². The van der Waals surface area contributed by atoms with E-state index in [-0.39, 0.29) is 18.2 Å². The van der Waals surface area contributed by atoms with Crippen molar-refractivity contribution in [3.8, 4) is 28.7 Å². The molecule has 0 spiro atoms. The Morgan fingerprint density at radius 3 is 2.55 bits per heavy atom. The van der Waals surface area contributed by atoms with Gasteiger partial charge >= 0.3 is 0 Å². The number of aromatic nitrogens is 4. The number of methoxy groups -OCH3 is 2. The number of carbonyl (C=O) groups excluding carboxylic acids is 1. The molecule has 0 radical (unpaired) electrons. The van der Waals surface area contributed by atoms with Crippen molar-refractivity contribution in [3.63, 3.8) is 0 Å². The molecule has 4 aromatic rings. The van der Waals surface area contributed by atoms with Gasteiger partial charge in [0, 0.05) is 41.2 Å². The highest BCUT2D eigenvalue weighted by atomic mass is 35.5. The molecule has 13 heteroatoms. The standard InChI is InChI=1S/C25H21Cl2N7O4/c1-12(8-28)24(35)31-15-10-38-11-16(15)32-25-30-9-13-6-14(23-29-4-5-34(23)22(13)33-25)19-20(26)17(36-2)7-18(37-3)21(19)27/h4-7,9,15-16H,1,10-11H2,2-3H3,(H,31,35)(H,30,32,33)/t15-,16+/m1/s1. The van der Waals surface area contributed by atoms with Gasteiger partial charge in [-0.05, 0) is 6.07 Å². The second-order valence-corrected chi connectivity index (χ2v) is 9.15. The van der Waals surface area contributed by atoms with Gasteiger partial charge in [-0.2, -0.15) is 10.2 Å².